The highest BCUT2D eigenvalue weighted by molar-refractivity contribution is 5.85. The molecule has 8 heteroatoms. The predicted molar refractivity (Wildman–Crippen MR) is 96.3 cm³/mol. The lowest BCUT2D eigenvalue weighted by Gasteiger charge is -2.41. The Morgan fingerprint density at radius 3 is 2.96 bits per heavy atom. The van der Waals surface area contributed by atoms with Crippen molar-refractivity contribution >= 4 is 16.9 Å². The first-order chi connectivity index (χ1) is 12.1. The van der Waals surface area contributed by atoms with Gasteiger partial charge in [-0.15, -0.1) is 0 Å². The molecule has 0 spiro atoms. The van der Waals surface area contributed by atoms with Crippen molar-refractivity contribution in [3.63, 3.8) is 0 Å². The lowest BCUT2D eigenvalue weighted by Crippen LogP contribution is -2.42. The van der Waals surface area contributed by atoms with Crippen molar-refractivity contribution in [2.24, 2.45) is 13.0 Å². The molecule has 2 atom stereocenters. The largest absolute Gasteiger partial charge is 0.359 e. The van der Waals surface area contributed by atoms with E-state index in [1.165, 1.54) is 18.5 Å². The van der Waals surface area contributed by atoms with E-state index in [2.05, 4.69) is 60.7 Å². The van der Waals surface area contributed by atoms with Gasteiger partial charge in [0.15, 0.2) is 5.65 Å². The van der Waals surface area contributed by atoms with Crippen LogP contribution in [-0.2, 0) is 7.05 Å². The second-order valence-corrected chi connectivity index (χ2v) is 6.97. The number of rotatable bonds is 4. The highest BCUT2D eigenvalue weighted by Crippen LogP contribution is 2.36. The minimum Gasteiger partial charge on any atom is -0.359 e. The molecule has 1 N–H and O–H groups in total. The molecule has 1 fully saturated rings. The van der Waals surface area contributed by atoms with Gasteiger partial charge in [-0.1, -0.05) is 0 Å². The molecule has 0 unspecified atom stereocenters. The van der Waals surface area contributed by atoms with Gasteiger partial charge in [-0.3, -0.25) is 10.00 Å². The zero-order valence-electron chi connectivity index (χ0n) is 14.9. The van der Waals surface area contributed by atoms with E-state index >= 15 is 0 Å². The zero-order chi connectivity index (χ0) is 17.4. The van der Waals surface area contributed by atoms with Gasteiger partial charge in [0.25, 0.3) is 0 Å². The summed E-state index contributed by atoms with van der Waals surface area (Å²) in [5, 5.41) is 7.98. The Bertz CT molecular complexity index is 853. The van der Waals surface area contributed by atoms with Crippen LogP contribution < -0.4 is 4.90 Å². The summed E-state index contributed by atoms with van der Waals surface area (Å²) in [7, 11) is 6.39. The Balaban J connectivity index is 1.61. The van der Waals surface area contributed by atoms with Crippen LogP contribution in [0.25, 0.3) is 11.0 Å². The SMILES string of the molecule is CN(C[C@@H]1CCCN(C)[C@H]1c1cncn1C)c1ncnc2[nH]ncc12. The number of nitrogens with zero attached hydrogens (tertiary/aromatic N) is 7. The van der Waals surface area contributed by atoms with E-state index in [4.69, 9.17) is 0 Å². The molecule has 132 valence electrons. The number of likely N-dealkylation sites (tertiary alicyclic amines) is 1. The quantitative estimate of drug-likeness (QED) is 0.777. The first-order valence-corrected chi connectivity index (χ1v) is 8.67. The monoisotopic (exact) mass is 340 g/mol. The Morgan fingerprint density at radius 2 is 2.16 bits per heavy atom. The van der Waals surface area contributed by atoms with Crippen LogP contribution in [0.4, 0.5) is 5.82 Å². The van der Waals surface area contributed by atoms with E-state index in [0.717, 1.165) is 29.9 Å². The molecule has 0 aromatic carbocycles. The van der Waals surface area contributed by atoms with Crippen LogP contribution in [0.1, 0.15) is 24.6 Å². The van der Waals surface area contributed by atoms with E-state index in [0.29, 0.717) is 12.0 Å². The first kappa shape index (κ1) is 16.0. The van der Waals surface area contributed by atoms with Gasteiger partial charge in [0, 0.05) is 26.8 Å². The van der Waals surface area contributed by atoms with Gasteiger partial charge in [-0.25, -0.2) is 15.0 Å². The highest BCUT2D eigenvalue weighted by Gasteiger charge is 2.33. The lowest BCUT2D eigenvalue weighted by atomic mass is 9.87. The number of hydrogen-bond acceptors (Lipinski definition) is 6. The second-order valence-electron chi connectivity index (χ2n) is 6.97. The third-order valence-corrected chi connectivity index (χ3v) is 5.26. The van der Waals surface area contributed by atoms with E-state index in [1.807, 2.05) is 12.5 Å². The van der Waals surface area contributed by atoms with Gasteiger partial charge >= 0.3 is 0 Å². The molecule has 3 aromatic rings. The first-order valence-electron chi connectivity index (χ1n) is 8.67. The predicted octanol–water partition coefficient (Wildman–Crippen LogP) is 1.61. The molecule has 0 aliphatic carbocycles. The van der Waals surface area contributed by atoms with Crippen molar-refractivity contribution in [3.8, 4) is 0 Å². The molecule has 1 aliphatic rings. The summed E-state index contributed by atoms with van der Waals surface area (Å²) in [6.07, 6.45) is 9.69. The van der Waals surface area contributed by atoms with Crippen LogP contribution in [0, 0.1) is 5.92 Å². The van der Waals surface area contributed by atoms with Gasteiger partial charge < -0.3 is 9.47 Å². The summed E-state index contributed by atoms with van der Waals surface area (Å²) >= 11 is 0. The minimum atomic E-state index is 0.366. The smallest absolute Gasteiger partial charge is 0.160 e. The maximum Gasteiger partial charge on any atom is 0.160 e. The average molecular weight is 340 g/mol. The van der Waals surface area contributed by atoms with Crippen LogP contribution in [0.15, 0.2) is 25.0 Å². The van der Waals surface area contributed by atoms with E-state index in [9.17, 15) is 0 Å². The molecule has 4 heterocycles. The molecule has 8 nitrogen and oxygen atoms in total. The van der Waals surface area contributed by atoms with Crippen molar-refractivity contribution in [2.75, 3.05) is 32.1 Å². The van der Waals surface area contributed by atoms with Crippen LogP contribution in [-0.4, -0.2) is 61.8 Å². The van der Waals surface area contributed by atoms with Gasteiger partial charge in [0.05, 0.1) is 29.6 Å². The maximum absolute atomic E-state index is 4.49. The molecule has 3 aromatic heterocycles. The van der Waals surface area contributed by atoms with E-state index in [1.54, 1.807) is 12.5 Å². The van der Waals surface area contributed by atoms with Crippen LogP contribution in [0.5, 0.6) is 0 Å². The molecule has 0 bridgehead atoms. The number of anilines is 1. The summed E-state index contributed by atoms with van der Waals surface area (Å²) in [5.41, 5.74) is 2.05. The Labute approximate surface area is 146 Å². The molecule has 1 aliphatic heterocycles. The number of piperidine rings is 1. The van der Waals surface area contributed by atoms with Gasteiger partial charge in [-0.2, -0.15) is 5.10 Å². The normalized spacial score (nSPS) is 21.7. The van der Waals surface area contributed by atoms with Gasteiger partial charge in [0.1, 0.15) is 12.1 Å². The molecule has 0 amide bonds. The van der Waals surface area contributed by atoms with Crippen molar-refractivity contribution in [1.82, 2.24) is 34.6 Å². The molecule has 1 saturated heterocycles. The molecule has 4 rings (SSSR count). The number of imidazole rings is 1. The second kappa shape index (κ2) is 6.44. The summed E-state index contributed by atoms with van der Waals surface area (Å²) in [5.74, 6) is 1.44. The number of nitrogens with one attached hydrogen (secondary N) is 1. The highest BCUT2D eigenvalue weighted by atomic mass is 15.2. The number of aromatic nitrogens is 6. The van der Waals surface area contributed by atoms with Crippen LogP contribution in [0.2, 0.25) is 0 Å². The van der Waals surface area contributed by atoms with Crippen molar-refractivity contribution in [2.45, 2.75) is 18.9 Å². The fraction of sp³-hybridized carbons (Fsp3) is 0.529. The Morgan fingerprint density at radius 1 is 1.28 bits per heavy atom. The summed E-state index contributed by atoms with van der Waals surface area (Å²) < 4.78 is 2.14. The maximum atomic E-state index is 4.49. The van der Waals surface area contributed by atoms with Gasteiger partial charge in [-0.05, 0) is 32.4 Å². The standard InChI is InChI=1S/C17H24N8/c1-23-6-4-5-12(15(23)14-8-18-11-25(14)3)9-24(2)17-13-7-21-22-16(13)19-10-20-17/h7-8,10-12,15H,4-6,9H2,1-3H3,(H,19,20,21,22)/t12-,15+/m0/s1. The summed E-state index contributed by atoms with van der Waals surface area (Å²) in [6.45, 7) is 2.05. The molecular weight excluding hydrogens is 316 g/mol. The van der Waals surface area contributed by atoms with Crippen molar-refractivity contribution in [1.29, 1.82) is 0 Å². The third kappa shape index (κ3) is 2.86. The zero-order valence-corrected chi connectivity index (χ0v) is 14.9. The minimum absolute atomic E-state index is 0.366. The van der Waals surface area contributed by atoms with E-state index in [-0.39, 0.29) is 0 Å². The summed E-state index contributed by atoms with van der Waals surface area (Å²) in [6, 6.07) is 0.366. The Kier molecular flexibility index (Phi) is 4.12. The van der Waals surface area contributed by atoms with Crippen molar-refractivity contribution < 1.29 is 0 Å². The van der Waals surface area contributed by atoms with Gasteiger partial charge in [0.2, 0.25) is 0 Å². The summed E-state index contributed by atoms with van der Waals surface area (Å²) in [4.78, 5) is 17.7. The number of H-pyrrole nitrogens is 1. The molecule has 0 saturated carbocycles. The average Bonchev–Trinajstić information content (AvgIpc) is 3.23. The molecule has 0 radical (unpaired) electrons. The fourth-order valence-corrected chi connectivity index (χ4v) is 4.07. The number of hydrogen-bond donors (Lipinski definition) is 1. The Hall–Kier alpha value is -2.48. The lowest BCUT2D eigenvalue weighted by molar-refractivity contribution is 0.119. The topological polar surface area (TPSA) is 78.8 Å². The fourth-order valence-electron chi connectivity index (χ4n) is 4.07. The molecule has 25 heavy (non-hydrogen) atoms. The molecular formula is C17H24N8. The van der Waals surface area contributed by atoms with Crippen LogP contribution >= 0.6 is 0 Å². The van der Waals surface area contributed by atoms with Crippen LogP contribution in [0.3, 0.4) is 0 Å². The number of aryl methyl sites for hydroxylation is 1. The number of fused-ring (bicyclic) bond motifs is 1. The third-order valence-electron chi connectivity index (χ3n) is 5.26. The van der Waals surface area contributed by atoms with Crippen molar-refractivity contribution in [3.05, 3.63) is 30.7 Å². The van der Waals surface area contributed by atoms with E-state index < -0.39 is 0 Å². The number of aromatic amines is 1.